The van der Waals surface area contributed by atoms with Gasteiger partial charge in [-0.3, -0.25) is 4.79 Å². The monoisotopic (exact) mass is 379 g/mol. The Morgan fingerprint density at radius 1 is 1.11 bits per heavy atom. The number of hydrogen-bond acceptors (Lipinski definition) is 3. The molecule has 0 aliphatic rings. The molecule has 4 nitrogen and oxygen atoms in total. The third-order valence-electron chi connectivity index (χ3n) is 4.05. The van der Waals surface area contributed by atoms with E-state index in [1.165, 1.54) is 6.92 Å². The van der Waals surface area contributed by atoms with Crippen LogP contribution in [0, 0.1) is 23.3 Å². The van der Waals surface area contributed by atoms with Crippen molar-refractivity contribution in [2.24, 2.45) is 0 Å². The zero-order valence-corrected chi connectivity index (χ0v) is 14.0. The van der Waals surface area contributed by atoms with Gasteiger partial charge in [0.25, 0.3) is 0 Å². The molecule has 140 valence electrons. The van der Waals surface area contributed by atoms with Crippen LogP contribution in [0.25, 0.3) is 10.9 Å². The Labute approximate surface area is 150 Å². The number of H-pyrrole nitrogens is 1. The van der Waals surface area contributed by atoms with Crippen LogP contribution in [-0.2, 0) is 11.2 Å². The van der Waals surface area contributed by atoms with Crippen LogP contribution in [0.5, 0.6) is 0 Å². The van der Waals surface area contributed by atoms with Gasteiger partial charge in [-0.2, -0.15) is 0 Å². The molecule has 0 atom stereocenters. The van der Waals surface area contributed by atoms with Crippen molar-refractivity contribution < 1.29 is 27.1 Å². The summed E-state index contributed by atoms with van der Waals surface area (Å²) in [6, 6.07) is 3.84. The Balaban J connectivity index is 2.16. The second-order valence-corrected chi connectivity index (χ2v) is 5.71. The van der Waals surface area contributed by atoms with E-state index in [1.807, 2.05) is 0 Å². The number of aromatic nitrogens is 1. The lowest BCUT2D eigenvalue weighted by molar-refractivity contribution is 0.0524. The van der Waals surface area contributed by atoms with E-state index in [-0.39, 0.29) is 12.2 Å². The van der Waals surface area contributed by atoms with Crippen molar-refractivity contribution in [3.05, 3.63) is 80.6 Å². The van der Waals surface area contributed by atoms with E-state index in [0.29, 0.717) is 6.07 Å². The molecule has 0 unspecified atom stereocenters. The molecular formula is C19H13F4NO3. The SMILES string of the molecule is CCOC(=O)c1c[nH]c2c(F)c(Cc3c(F)cccc3F)cc(F)c2c1=O. The summed E-state index contributed by atoms with van der Waals surface area (Å²) in [6.45, 7) is 1.53. The normalized spacial score (nSPS) is 11.0. The first-order chi connectivity index (χ1) is 12.8. The van der Waals surface area contributed by atoms with Crippen LogP contribution < -0.4 is 5.43 Å². The molecule has 27 heavy (non-hydrogen) atoms. The fourth-order valence-electron chi connectivity index (χ4n) is 2.76. The number of fused-ring (bicyclic) bond motifs is 1. The number of benzene rings is 2. The molecule has 0 fully saturated rings. The average Bonchev–Trinajstić information content (AvgIpc) is 2.62. The van der Waals surface area contributed by atoms with Gasteiger partial charge in [0.15, 0.2) is 5.82 Å². The Kier molecular flexibility index (Phi) is 4.98. The van der Waals surface area contributed by atoms with Gasteiger partial charge in [0, 0.05) is 18.2 Å². The summed E-state index contributed by atoms with van der Waals surface area (Å²) in [6.07, 6.45) is 0.359. The Morgan fingerprint density at radius 3 is 2.41 bits per heavy atom. The number of ether oxygens (including phenoxy) is 1. The highest BCUT2D eigenvalue weighted by atomic mass is 19.1. The first kappa shape index (κ1) is 18.6. The zero-order valence-electron chi connectivity index (χ0n) is 14.0. The molecule has 0 spiro atoms. The van der Waals surface area contributed by atoms with E-state index in [0.717, 1.165) is 24.4 Å². The lowest BCUT2D eigenvalue weighted by Gasteiger charge is -2.10. The van der Waals surface area contributed by atoms with Crippen molar-refractivity contribution in [3.8, 4) is 0 Å². The largest absolute Gasteiger partial charge is 0.462 e. The molecule has 0 bridgehead atoms. The lowest BCUT2D eigenvalue weighted by Crippen LogP contribution is -2.19. The van der Waals surface area contributed by atoms with Crippen molar-refractivity contribution in [1.82, 2.24) is 4.98 Å². The Hall–Kier alpha value is -3.16. The van der Waals surface area contributed by atoms with Crippen molar-refractivity contribution in [3.63, 3.8) is 0 Å². The molecule has 8 heteroatoms. The van der Waals surface area contributed by atoms with Gasteiger partial charge in [-0.25, -0.2) is 22.4 Å². The fourth-order valence-corrected chi connectivity index (χ4v) is 2.76. The lowest BCUT2D eigenvalue weighted by atomic mass is 10.0. The predicted octanol–water partition coefficient (Wildman–Crippen LogP) is 3.85. The number of carbonyl (C=O) groups is 1. The predicted molar refractivity (Wildman–Crippen MR) is 89.6 cm³/mol. The summed E-state index contributed by atoms with van der Waals surface area (Å²) in [5, 5.41) is -0.671. The Morgan fingerprint density at radius 2 is 1.78 bits per heavy atom. The zero-order chi connectivity index (χ0) is 19.7. The van der Waals surface area contributed by atoms with Gasteiger partial charge in [-0.15, -0.1) is 0 Å². The molecule has 0 aliphatic heterocycles. The minimum Gasteiger partial charge on any atom is -0.462 e. The van der Waals surface area contributed by atoms with Gasteiger partial charge < -0.3 is 9.72 Å². The second-order valence-electron chi connectivity index (χ2n) is 5.71. The van der Waals surface area contributed by atoms with Crippen LogP contribution in [0.2, 0.25) is 0 Å². The minimum absolute atomic E-state index is 0.000293. The topological polar surface area (TPSA) is 59.2 Å². The van der Waals surface area contributed by atoms with Crippen LogP contribution in [0.4, 0.5) is 17.6 Å². The van der Waals surface area contributed by atoms with Gasteiger partial charge in [0.05, 0.1) is 17.5 Å². The summed E-state index contributed by atoms with van der Waals surface area (Å²) in [5.41, 5.74) is -2.79. The number of pyridine rings is 1. The molecule has 0 saturated carbocycles. The quantitative estimate of drug-likeness (QED) is 0.553. The number of carbonyl (C=O) groups excluding carboxylic acids is 1. The first-order valence-electron chi connectivity index (χ1n) is 7.97. The molecule has 3 aromatic rings. The third kappa shape index (κ3) is 3.30. The highest BCUT2D eigenvalue weighted by molar-refractivity contribution is 5.94. The maximum absolute atomic E-state index is 14.8. The molecule has 1 aromatic heterocycles. The van der Waals surface area contributed by atoms with Crippen molar-refractivity contribution in [1.29, 1.82) is 0 Å². The molecule has 0 saturated heterocycles. The number of aromatic amines is 1. The molecule has 0 aliphatic carbocycles. The number of nitrogens with one attached hydrogen (secondary N) is 1. The van der Waals surface area contributed by atoms with Crippen LogP contribution in [0.1, 0.15) is 28.4 Å². The summed E-state index contributed by atoms with van der Waals surface area (Å²) >= 11 is 0. The average molecular weight is 379 g/mol. The van der Waals surface area contributed by atoms with Gasteiger partial charge in [-0.1, -0.05) is 6.07 Å². The van der Waals surface area contributed by atoms with Gasteiger partial charge in [0.2, 0.25) is 5.43 Å². The van der Waals surface area contributed by atoms with E-state index >= 15 is 0 Å². The van der Waals surface area contributed by atoms with Crippen LogP contribution in [0.3, 0.4) is 0 Å². The Bertz CT molecular complexity index is 1090. The van der Waals surface area contributed by atoms with Crippen LogP contribution >= 0.6 is 0 Å². The summed E-state index contributed by atoms with van der Waals surface area (Å²) in [7, 11) is 0. The second kappa shape index (κ2) is 7.22. The fraction of sp³-hybridized carbons (Fsp3) is 0.158. The number of esters is 1. The first-order valence-corrected chi connectivity index (χ1v) is 7.97. The van der Waals surface area contributed by atoms with E-state index in [9.17, 15) is 27.2 Å². The number of rotatable bonds is 4. The maximum Gasteiger partial charge on any atom is 0.343 e. The molecular weight excluding hydrogens is 366 g/mol. The molecule has 1 N–H and O–H groups in total. The third-order valence-corrected chi connectivity index (χ3v) is 4.05. The summed E-state index contributed by atoms with van der Waals surface area (Å²) in [4.78, 5) is 26.5. The van der Waals surface area contributed by atoms with E-state index in [1.54, 1.807) is 0 Å². The van der Waals surface area contributed by atoms with Gasteiger partial charge >= 0.3 is 5.97 Å². The maximum atomic E-state index is 14.8. The smallest absolute Gasteiger partial charge is 0.343 e. The van der Waals surface area contributed by atoms with E-state index in [2.05, 4.69) is 4.98 Å². The van der Waals surface area contributed by atoms with Crippen molar-refractivity contribution >= 4 is 16.9 Å². The standard InChI is InChI=1S/C19H13F4NO3/c1-2-27-19(26)11-8-24-17-15(18(11)25)14(22)7-9(16(17)23)6-10-12(20)4-3-5-13(10)21/h3-5,7-8H,2,6H2,1H3,(H,24,25). The molecule has 2 aromatic carbocycles. The van der Waals surface area contributed by atoms with Crippen molar-refractivity contribution in [2.45, 2.75) is 13.3 Å². The molecule has 0 radical (unpaired) electrons. The van der Waals surface area contributed by atoms with Crippen LogP contribution in [0.15, 0.2) is 35.3 Å². The summed E-state index contributed by atoms with van der Waals surface area (Å²) < 4.78 is 61.5. The molecule has 0 amide bonds. The van der Waals surface area contributed by atoms with Gasteiger partial charge in [0.1, 0.15) is 23.0 Å². The van der Waals surface area contributed by atoms with Gasteiger partial charge in [-0.05, 0) is 30.7 Å². The molecule has 3 rings (SSSR count). The van der Waals surface area contributed by atoms with Crippen LogP contribution in [-0.4, -0.2) is 17.6 Å². The number of halogens is 4. The van der Waals surface area contributed by atoms with E-state index < -0.39 is 63.1 Å². The van der Waals surface area contributed by atoms with Crippen molar-refractivity contribution in [2.75, 3.05) is 6.61 Å². The summed E-state index contributed by atoms with van der Waals surface area (Å²) in [5.74, 6) is -4.94. The minimum atomic E-state index is -1.12. The number of hydrogen-bond donors (Lipinski definition) is 1. The highest BCUT2D eigenvalue weighted by Crippen LogP contribution is 2.25. The van der Waals surface area contributed by atoms with E-state index in [4.69, 9.17) is 4.74 Å². The molecule has 1 heterocycles. The highest BCUT2D eigenvalue weighted by Gasteiger charge is 2.22.